The SMILES string of the molecule is CCCCC(CC)C(=O)Nc1cc(N(c2ccc(-c3c(OCC(C)C)cccc3OCC(C)C)cc2)c2ccc(-c3c(OCC(C)C)cccc3OCC(C)C)cc2)ccc1C1C(O)C(c2ccc(N(c3ccc(-c4c(OCC(C)C)cccc4OCC(C)C)cc3)c3ccc(-c4c(OCC(C)C)cccc4OCC(C)C)cc3)cc2NC(=O)C(CC)CCCC)C1O. The number of benzene rings is 10. The first-order valence-electron chi connectivity index (χ1n) is 47.4. The number of aliphatic hydroxyl groups is 2. The van der Waals surface area contributed by atoms with Crippen molar-refractivity contribution < 1.29 is 57.7 Å². The summed E-state index contributed by atoms with van der Waals surface area (Å²) in [6, 6.07) is 69.6. The third-order valence-electron chi connectivity index (χ3n) is 23.0. The first kappa shape index (κ1) is 97.7. The largest absolute Gasteiger partial charge is 0.493 e. The molecule has 0 saturated heterocycles. The van der Waals surface area contributed by atoms with Crippen LogP contribution in [-0.2, 0) is 9.59 Å². The number of hydrogen-bond donors (Lipinski definition) is 4. The van der Waals surface area contributed by atoms with E-state index in [0.717, 1.165) is 139 Å². The lowest BCUT2D eigenvalue weighted by atomic mass is 9.62. The molecule has 0 heterocycles. The monoisotopic (exact) mass is 1740 g/mol. The Morgan fingerprint density at radius 1 is 0.297 bits per heavy atom. The molecule has 0 bridgehead atoms. The summed E-state index contributed by atoms with van der Waals surface area (Å²) in [5.41, 5.74) is 13.8. The predicted molar refractivity (Wildman–Crippen MR) is 528 cm³/mol. The van der Waals surface area contributed by atoms with Gasteiger partial charge in [0.1, 0.15) is 46.0 Å². The second kappa shape index (κ2) is 46.9. The molecule has 16 heteroatoms. The predicted octanol–water partition coefficient (Wildman–Crippen LogP) is 28.5. The zero-order valence-corrected chi connectivity index (χ0v) is 79.9. The number of nitrogens with zero attached hydrogens (tertiary/aromatic N) is 2. The van der Waals surface area contributed by atoms with Gasteiger partial charge in [0.05, 0.1) is 87.3 Å². The Hall–Kier alpha value is -10.9. The summed E-state index contributed by atoms with van der Waals surface area (Å²) >= 11 is 0. The highest BCUT2D eigenvalue weighted by Gasteiger charge is 2.52. The molecule has 1 fully saturated rings. The van der Waals surface area contributed by atoms with Gasteiger partial charge in [-0.3, -0.25) is 9.59 Å². The van der Waals surface area contributed by atoms with E-state index in [0.29, 0.717) is 112 Å². The normalized spacial score (nSPS) is 14.9. The van der Waals surface area contributed by atoms with Crippen molar-refractivity contribution in [2.24, 2.45) is 59.2 Å². The number of carbonyl (C=O) groups is 2. The van der Waals surface area contributed by atoms with Gasteiger partial charge in [-0.15, -0.1) is 0 Å². The van der Waals surface area contributed by atoms with Crippen LogP contribution in [0.25, 0.3) is 44.5 Å². The Bertz CT molecular complexity index is 4490. The average Bonchev–Trinajstić information content (AvgIpc) is 0.727. The molecule has 4 N–H and O–H groups in total. The fourth-order valence-electron chi connectivity index (χ4n) is 16.2. The third-order valence-corrected chi connectivity index (χ3v) is 23.0. The second-order valence-electron chi connectivity index (χ2n) is 38.1. The van der Waals surface area contributed by atoms with E-state index < -0.39 is 24.0 Å². The highest BCUT2D eigenvalue weighted by Crippen LogP contribution is 2.55. The molecule has 684 valence electrons. The minimum absolute atomic E-state index is 0.146. The number of ether oxygens (including phenoxy) is 8. The van der Waals surface area contributed by atoms with Crippen LogP contribution in [0.3, 0.4) is 0 Å². The number of rotatable bonds is 48. The van der Waals surface area contributed by atoms with E-state index in [2.05, 4.69) is 256 Å². The van der Waals surface area contributed by atoms with Gasteiger partial charge in [0.2, 0.25) is 11.8 Å². The van der Waals surface area contributed by atoms with Crippen LogP contribution in [0.15, 0.2) is 206 Å². The molecule has 10 aromatic carbocycles. The molecule has 0 spiro atoms. The van der Waals surface area contributed by atoms with Gasteiger partial charge in [0, 0.05) is 69.2 Å². The summed E-state index contributed by atoms with van der Waals surface area (Å²) in [6.45, 7) is 46.8. The maximum atomic E-state index is 15.2. The molecule has 128 heavy (non-hydrogen) atoms. The fourth-order valence-corrected chi connectivity index (χ4v) is 16.2. The lowest BCUT2D eigenvalue weighted by molar-refractivity contribution is -0.121. The summed E-state index contributed by atoms with van der Waals surface area (Å²) in [4.78, 5) is 34.8. The van der Waals surface area contributed by atoms with E-state index >= 15 is 9.59 Å². The molecule has 16 nitrogen and oxygen atoms in total. The zero-order chi connectivity index (χ0) is 91.8. The smallest absolute Gasteiger partial charge is 0.227 e. The van der Waals surface area contributed by atoms with Crippen LogP contribution in [0.1, 0.15) is 213 Å². The van der Waals surface area contributed by atoms with Gasteiger partial charge in [0.25, 0.3) is 0 Å². The van der Waals surface area contributed by atoms with E-state index in [1.54, 1.807) is 0 Å². The van der Waals surface area contributed by atoms with Crippen molar-refractivity contribution in [2.75, 3.05) is 73.3 Å². The summed E-state index contributed by atoms with van der Waals surface area (Å²) in [6.07, 6.45) is 3.74. The first-order chi connectivity index (χ1) is 61.6. The minimum atomic E-state index is -1.21. The Kier molecular flexibility index (Phi) is 35.8. The average molecular weight is 1740 g/mol. The van der Waals surface area contributed by atoms with Crippen molar-refractivity contribution in [2.45, 2.75) is 214 Å². The number of aliphatic hydroxyl groups excluding tert-OH is 2. The highest BCUT2D eigenvalue weighted by molar-refractivity contribution is 5.97. The number of nitrogens with one attached hydrogen (secondary N) is 2. The number of anilines is 8. The van der Waals surface area contributed by atoms with Crippen molar-refractivity contribution in [3.63, 3.8) is 0 Å². The van der Waals surface area contributed by atoms with Crippen molar-refractivity contribution in [3.8, 4) is 90.5 Å². The lowest BCUT2D eigenvalue weighted by Crippen LogP contribution is -2.52. The molecule has 2 amide bonds. The molecule has 0 aromatic heterocycles. The Morgan fingerprint density at radius 2 is 0.500 bits per heavy atom. The molecule has 10 aromatic rings. The minimum Gasteiger partial charge on any atom is -0.493 e. The van der Waals surface area contributed by atoms with Gasteiger partial charge >= 0.3 is 0 Å². The van der Waals surface area contributed by atoms with Crippen LogP contribution in [0.5, 0.6) is 46.0 Å². The van der Waals surface area contributed by atoms with Crippen molar-refractivity contribution >= 4 is 57.3 Å². The van der Waals surface area contributed by atoms with Crippen molar-refractivity contribution in [1.29, 1.82) is 0 Å². The summed E-state index contributed by atoms with van der Waals surface area (Å²) in [5, 5.41) is 33.7. The molecular weight excluding hydrogens is 1590 g/mol. The molecule has 11 rings (SSSR count). The maximum absolute atomic E-state index is 15.2. The fraction of sp³-hybridized carbons (Fsp3) is 0.446. The quantitative estimate of drug-likeness (QED) is 0.0283. The molecule has 1 saturated carbocycles. The van der Waals surface area contributed by atoms with E-state index in [9.17, 15) is 10.2 Å². The van der Waals surface area contributed by atoms with Crippen LogP contribution in [-0.4, -0.2) is 87.1 Å². The van der Waals surface area contributed by atoms with E-state index in [1.165, 1.54) is 0 Å². The lowest BCUT2D eigenvalue weighted by Gasteiger charge is -2.48. The van der Waals surface area contributed by atoms with Gasteiger partial charge in [-0.1, -0.05) is 249 Å². The zero-order valence-electron chi connectivity index (χ0n) is 79.9. The molecule has 1 aliphatic rings. The van der Waals surface area contributed by atoms with Crippen LogP contribution < -0.4 is 58.3 Å². The molecule has 2 unspecified atom stereocenters. The van der Waals surface area contributed by atoms with Crippen molar-refractivity contribution in [3.05, 3.63) is 217 Å². The number of unbranched alkanes of at least 4 members (excludes halogenated alkanes) is 2. The van der Waals surface area contributed by atoms with Crippen LogP contribution in [0.2, 0.25) is 0 Å². The van der Waals surface area contributed by atoms with E-state index in [-0.39, 0.29) is 71.0 Å². The molecule has 2 atom stereocenters. The molecule has 0 radical (unpaired) electrons. The number of carbonyl (C=O) groups excluding carboxylic acids is 2. The van der Waals surface area contributed by atoms with Crippen LogP contribution in [0.4, 0.5) is 45.5 Å². The van der Waals surface area contributed by atoms with Gasteiger partial charge in [-0.05, 0) is 228 Å². The van der Waals surface area contributed by atoms with Crippen LogP contribution >= 0.6 is 0 Å². The van der Waals surface area contributed by atoms with Crippen LogP contribution in [0, 0.1) is 59.2 Å². The first-order valence-corrected chi connectivity index (χ1v) is 47.4. The standard InChI is InChI=1S/C112H144N4O12/c1-21-25-31-79(23-3)111(119)113-93-61-89(115(85-49-41-81(42-50-85)103-95(121-63-71(5)6)33-27-34-96(103)122-64-72(7)8)86-51-43-82(44-52-86)104-97(123-65-73(9)10)35-28-36-98(104)124-66-74(11)12)57-59-91(93)107-109(117)108(110(107)118)92-60-58-90(62-94(92)114-112(120)80(24-4)32-26-22-2)116(87-53-45-83(46-54-87)105-99(125-67-75(13)14)37-29-38-100(105)126-68-76(15)16)88-55-47-84(48-56-88)106-101(127-69-77(17)18)39-30-40-102(106)128-70-78(19)20/h27-30,33-62,71-80,107-110,117-118H,21-26,31-32,63-70H2,1-20H3,(H,113,119)(H,114,120). The molecule has 0 aliphatic heterocycles. The van der Waals surface area contributed by atoms with Crippen molar-refractivity contribution in [1.82, 2.24) is 0 Å². The van der Waals surface area contributed by atoms with Gasteiger partial charge in [0.15, 0.2) is 0 Å². The molecular formula is C112H144N4O12. The van der Waals surface area contributed by atoms with Gasteiger partial charge in [-0.25, -0.2) is 0 Å². The number of hydrogen-bond acceptors (Lipinski definition) is 14. The Morgan fingerprint density at radius 3 is 0.688 bits per heavy atom. The van der Waals surface area contributed by atoms with Gasteiger partial charge < -0.3 is 68.5 Å². The third kappa shape index (κ3) is 25.3. The van der Waals surface area contributed by atoms with Gasteiger partial charge in [-0.2, -0.15) is 0 Å². The summed E-state index contributed by atoms with van der Waals surface area (Å²) < 4.78 is 52.6. The Balaban J connectivity index is 1.06. The summed E-state index contributed by atoms with van der Waals surface area (Å²) in [7, 11) is 0. The maximum Gasteiger partial charge on any atom is 0.227 e. The topological polar surface area (TPSA) is 179 Å². The Labute approximate surface area is 764 Å². The highest BCUT2D eigenvalue weighted by atomic mass is 16.5. The number of amides is 2. The van der Waals surface area contributed by atoms with E-state index in [4.69, 9.17) is 37.9 Å². The second-order valence-corrected chi connectivity index (χ2v) is 38.1. The summed E-state index contributed by atoms with van der Waals surface area (Å²) in [5.74, 6) is 5.35. The molecule has 1 aliphatic carbocycles. The van der Waals surface area contributed by atoms with E-state index in [1.807, 2.05) is 109 Å².